The van der Waals surface area contributed by atoms with E-state index in [1.807, 2.05) is 0 Å². The first-order valence-corrected chi connectivity index (χ1v) is 7.79. The van der Waals surface area contributed by atoms with Gasteiger partial charge in [-0.15, -0.1) is 0 Å². The molecule has 2 aromatic carbocycles. The van der Waals surface area contributed by atoms with E-state index in [1.165, 1.54) is 45.7 Å². The number of nitro groups is 1. The quantitative estimate of drug-likeness (QED) is 0.454. The van der Waals surface area contributed by atoms with Gasteiger partial charge in [0.15, 0.2) is 11.5 Å². The number of nitrogens with one attached hydrogen (secondary N) is 1. The van der Waals surface area contributed by atoms with Crippen LogP contribution in [0.4, 0.5) is 5.69 Å². The number of aryl methyl sites for hydroxylation is 1. The van der Waals surface area contributed by atoms with Crippen LogP contribution >= 0.6 is 0 Å². The number of hydrogen-bond acceptors (Lipinski definition) is 7. The summed E-state index contributed by atoms with van der Waals surface area (Å²) >= 11 is 0. The van der Waals surface area contributed by atoms with E-state index < -0.39 is 10.8 Å². The Morgan fingerprint density at radius 3 is 2.26 bits per heavy atom. The Morgan fingerprint density at radius 1 is 1.11 bits per heavy atom. The second kappa shape index (κ2) is 8.65. The van der Waals surface area contributed by atoms with E-state index in [0.29, 0.717) is 28.4 Å². The van der Waals surface area contributed by atoms with Crippen LogP contribution in [0, 0.1) is 17.0 Å². The number of ether oxygens (including phenoxy) is 3. The first-order valence-electron chi connectivity index (χ1n) is 7.79. The first-order chi connectivity index (χ1) is 12.9. The molecule has 0 aliphatic carbocycles. The second-order valence-electron chi connectivity index (χ2n) is 5.42. The van der Waals surface area contributed by atoms with Crippen molar-refractivity contribution in [2.24, 2.45) is 5.10 Å². The second-order valence-corrected chi connectivity index (χ2v) is 5.42. The van der Waals surface area contributed by atoms with Gasteiger partial charge in [-0.2, -0.15) is 5.10 Å². The molecular formula is C18H19N3O6. The van der Waals surface area contributed by atoms with Crippen LogP contribution < -0.4 is 19.6 Å². The summed E-state index contributed by atoms with van der Waals surface area (Å²) in [4.78, 5) is 22.6. The van der Waals surface area contributed by atoms with Crippen molar-refractivity contribution in [3.63, 3.8) is 0 Å². The smallest absolute Gasteiger partial charge is 0.273 e. The van der Waals surface area contributed by atoms with Gasteiger partial charge in [0, 0.05) is 22.8 Å². The van der Waals surface area contributed by atoms with Crippen molar-refractivity contribution < 1.29 is 23.9 Å². The molecule has 1 N–H and O–H groups in total. The van der Waals surface area contributed by atoms with Crippen molar-refractivity contribution in [2.75, 3.05) is 21.3 Å². The van der Waals surface area contributed by atoms with Gasteiger partial charge in [-0.25, -0.2) is 5.43 Å². The van der Waals surface area contributed by atoms with Crippen molar-refractivity contribution >= 4 is 17.8 Å². The third-order valence-corrected chi connectivity index (χ3v) is 3.73. The lowest BCUT2D eigenvalue weighted by atomic mass is 10.1. The molecule has 142 valence electrons. The maximum absolute atomic E-state index is 12.2. The van der Waals surface area contributed by atoms with Crippen LogP contribution in [0.3, 0.4) is 0 Å². The molecule has 0 aromatic heterocycles. The third-order valence-electron chi connectivity index (χ3n) is 3.73. The number of rotatable bonds is 7. The van der Waals surface area contributed by atoms with E-state index in [1.54, 1.807) is 19.1 Å². The zero-order valence-corrected chi connectivity index (χ0v) is 15.3. The van der Waals surface area contributed by atoms with Gasteiger partial charge in [-0.05, 0) is 25.1 Å². The fourth-order valence-corrected chi connectivity index (χ4v) is 2.35. The standard InChI is InChI=1S/C18H19N3O6/c1-11-5-6-13(9-14(11)21(23)24)18(22)20-19-10-12-7-15(25-2)17(27-4)16(8-12)26-3/h5-10H,1-4H3,(H,20,22). The van der Waals surface area contributed by atoms with Gasteiger partial charge in [-0.1, -0.05) is 6.07 Å². The Hall–Kier alpha value is -3.62. The molecule has 0 spiro atoms. The SMILES string of the molecule is COc1cc(C=NNC(=O)c2ccc(C)c([N+](=O)[O-])c2)cc(OC)c1OC. The molecule has 1 amide bonds. The molecule has 0 radical (unpaired) electrons. The van der Waals surface area contributed by atoms with Gasteiger partial charge in [-0.3, -0.25) is 14.9 Å². The van der Waals surface area contributed by atoms with Gasteiger partial charge in [0.05, 0.1) is 32.5 Å². The first kappa shape index (κ1) is 19.7. The lowest BCUT2D eigenvalue weighted by Crippen LogP contribution is -2.17. The van der Waals surface area contributed by atoms with Crippen LogP contribution in [0.1, 0.15) is 21.5 Å². The largest absolute Gasteiger partial charge is 0.493 e. The summed E-state index contributed by atoms with van der Waals surface area (Å²) in [6.45, 7) is 1.60. The molecule has 0 heterocycles. The summed E-state index contributed by atoms with van der Waals surface area (Å²) in [5.74, 6) is 0.757. The van der Waals surface area contributed by atoms with E-state index >= 15 is 0 Å². The maximum Gasteiger partial charge on any atom is 0.273 e. The molecule has 0 aliphatic heterocycles. The van der Waals surface area contributed by atoms with E-state index in [0.717, 1.165) is 0 Å². The molecule has 27 heavy (non-hydrogen) atoms. The van der Waals surface area contributed by atoms with Crippen molar-refractivity contribution in [1.29, 1.82) is 0 Å². The van der Waals surface area contributed by atoms with Crippen LogP contribution in [0.25, 0.3) is 0 Å². The zero-order valence-electron chi connectivity index (χ0n) is 15.3. The molecule has 0 bridgehead atoms. The number of benzene rings is 2. The Morgan fingerprint density at radius 2 is 1.74 bits per heavy atom. The Balaban J connectivity index is 2.19. The molecule has 0 aliphatic rings. The Labute approximate surface area is 155 Å². The van der Waals surface area contributed by atoms with Crippen molar-refractivity contribution in [2.45, 2.75) is 6.92 Å². The number of amides is 1. The highest BCUT2D eigenvalue weighted by molar-refractivity contribution is 5.95. The van der Waals surface area contributed by atoms with Gasteiger partial charge in [0.2, 0.25) is 5.75 Å². The van der Waals surface area contributed by atoms with Crippen molar-refractivity contribution in [3.05, 3.63) is 57.1 Å². The minimum atomic E-state index is -0.568. The molecule has 2 rings (SSSR count). The maximum atomic E-state index is 12.2. The Bertz CT molecular complexity index is 870. The Kier molecular flexibility index (Phi) is 6.32. The number of nitro benzene ring substituents is 1. The lowest BCUT2D eigenvalue weighted by Gasteiger charge is -2.12. The van der Waals surface area contributed by atoms with Crippen LogP contribution in [0.2, 0.25) is 0 Å². The molecular weight excluding hydrogens is 354 g/mol. The minimum Gasteiger partial charge on any atom is -0.493 e. The number of methoxy groups -OCH3 is 3. The predicted octanol–water partition coefficient (Wildman–Crippen LogP) is 2.69. The molecule has 9 nitrogen and oxygen atoms in total. The number of carbonyl (C=O) groups excluding carboxylic acids is 1. The zero-order chi connectivity index (χ0) is 20.0. The summed E-state index contributed by atoms with van der Waals surface area (Å²) in [5, 5.41) is 14.9. The number of nitrogens with zero attached hydrogens (tertiary/aromatic N) is 2. The average Bonchev–Trinajstić information content (AvgIpc) is 2.66. The molecule has 0 saturated carbocycles. The van der Waals surface area contributed by atoms with E-state index in [2.05, 4.69) is 10.5 Å². The number of carbonyl (C=O) groups is 1. The molecule has 0 saturated heterocycles. The van der Waals surface area contributed by atoms with Crippen LogP contribution in [-0.2, 0) is 0 Å². The topological polar surface area (TPSA) is 112 Å². The monoisotopic (exact) mass is 373 g/mol. The van der Waals surface area contributed by atoms with Gasteiger partial charge in [0.25, 0.3) is 11.6 Å². The fraction of sp³-hybridized carbons (Fsp3) is 0.222. The van der Waals surface area contributed by atoms with Crippen LogP contribution in [0.15, 0.2) is 35.4 Å². The van der Waals surface area contributed by atoms with Gasteiger partial charge >= 0.3 is 0 Å². The average molecular weight is 373 g/mol. The summed E-state index contributed by atoms with van der Waals surface area (Å²) < 4.78 is 15.7. The summed E-state index contributed by atoms with van der Waals surface area (Å²) in [7, 11) is 4.48. The third kappa shape index (κ3) is 4.51. The normalized spacial score (nSPS) is 10.5. The van der Waals surface area contributed by atoms with Crippen LogP contribution in [-0.4, -0.2) is 38.4 Å². The molecule has 0 atom stereocenters. The van der Waals surface area contributed by atoms with E-state index in [9.17, 15) is 14.9 Å². The van der Waals surface area contributed by atoms with Gasteiger partial charge < -0.3 is 14.2 Å². The minimum absolute atomic E-state index is 0.128. The predicted molar refractivity (Wildman–Crippen MR) is 99.0 cm³/mol. The van der Waals surface area contributed by atoms with E-state index in [-0.39, 0.29) is 11.3 Å². The highest BCUT2D eigenvalue weighted by atomic mass is 16.6. The van der Waals surface area contributed by atoms with Crippen molar-refractivity contribution in [3.8, 4) is 17.2 Å². The van der Waals surface area contributed by atoms with E-state index in [4.69, 9.17) is 14.2 Å². The number of hydrogen-bond donors (Lipinski definition) is 1. The van der Waals surface area contributed by atoms with Gasteiger partial charge in [0.1, 0.15) is 0 Å². The van der Waals surface area contributed by atoms with Crippen LogP contribution in [0.5, 0.6) is 17.2 Å². The summed E-state index contributed by atoms with van der Waals surface area (Å²) in [6.07, 6.45) is 1.39. The molecule has 0 fully saturated rings. The summed E-state index contributed by atoms with van der Waals surface area (Å²) in [6, 6.07) is 7.53. The molecule has 9 heteroatoms. The molecule has 0 unspecified atom stereocenters. The summed E-state index contributed by atoms with van der Waals surface area (Å²) in [5.41, 5.74) is 3.40. The van der Waals surface area contributed by atoms with Crippen molar-refractivity contribution in [1.82, 2.24) is 5.43 Å². The number of hydrazone groups is 1. The highest BCUT2D eigenvalue weighted by Gasteiger charge is 2.15. The fourth-order valence-electron chi connectivity index (χ4n) is 2.35. The molecule has 2 aromatic rings. The highest BCUT2D eigenvalue weighted by Crippen LogP contribution is 2.37. The lowest BCUT2D eigenvalue weighted by molar-refractivity contribution is -0.385.